The first-order valence-electron chi connectivity index (χ1n) is 9.81. The van der Waals surface area contributed by atoms with E-state index in [9.17, 15) is 4.79 Å². The number of halogens is 1. The largest absolute Gasteiger partial charge is 0.478 e. The maximum absolute atomic E-state index is 11.1. The van der Waals surface area contributed by atoms with E-state index < -0.39 is 5.97 Å². The van der Waals surface area contributed by atoms with Crippen molar-refractivity contribution in [2.75, 3.05) is 5.32 Å². The summed E-state index contributed by atoms with van der Waals surface area (Å²) in [6.07, 6.45) is 3.48. The third kappa shape index (κ3) is 3.81. The number of rotatable bonds is 4. The predicted molar refractivity (Wildman–Crippen MR) is 123 cm³/mol. The molecule has 1 aliphatic rings. The molecule has 0 aliphatic carbocycles. The fourth-order valence-electron chi connectivity index (χ4n) is 3.53. The Morgan fingerprint density at radius 1 is 1.00 bits per heavy atom. The van der Waals surface area contributed by atoms with E-state index in [4.69, 9.17) is 26.7 Å². The normalized spacial score (nSPS) is 12.2. The van der Waals surface area contributed by atoms with Crippen LogP contribution in [0.3, 0.4) is 0 Å². The van der Waals surface area contributed by atoms with E-state index in [-0.39, 0.29) is 5.56 Å². The van der Waals surface area contributed by atoms with Crippen LogP contribution in [0.4, 0.5) is 11.6 Å². The van der Waals surface area contributed by atoms with Crippen LogP contribution in [-0.2, 0) is 6.54 Å². The van der Waals surface area contributed by atoms with E-state index in [1.54, 1.807) is 24.5 Å². The van der Waals surface area contributed by atoms with Crippen LogP contribution in [0.15, 0.2) is 78.0 Å². The molecule has 5 rings (SSSR count). The van der Waals surface area contributed by atoms with Crippen LogP contribution in [0, 0.1) is 0 Å². The van der Waals surface area contributed by atoms with E-state index in [1.807, 2.05) is 36.4 Å². The number of anilines is 2. The van der Waals surface area contributed by atoms with Gasteiger partial charge in [-0.05, 0) is 48.5 Å². The standard InChI is InChI=1S/C24H16ClN5O2/c25-16-6-9-18-19(11-16)22(20-3-1-2-10-26-20)27-12-15-13-28-24(30-21(15)18)29-17-7-4-14(5-8-17)23(31)32/h1-11,13H,12H2,(H,31,32)(H,28,29,30). The molecule has 32 heavy (non-hydrogen) atoms. The minimum absolute atomic E-state index is 0.211. The van der Waals surface area contributed by atoms with Gasteiger partial charge in [0.25, 0.3) is 0 Å². The number of benzene rings is 2. The molecule has 0 fully saturated rings. The summed E-state index contributed by atoms with van der Waals surface area (Å²) in [7, 11) is 0. The molecule has 8 heteroatoms. The topological polar surface area (TPSA) is 100 Å². The fourth-order valence-corrected chi connectivity index (χ4v) is 3.70. The van der Waals surface area contributed by atoms with E-state index >= 15 is 0 Å². The highest BCUT2D eigenvalue weighted by Gasteiger charge is 2.22. The number of carboxylic acids is 1. The summed E-state index contributed by atoms with van der Waals surface area (Å²) >= 11 is 6.32. The maximum atomic E-state index is 11.1. The number of fused-ring (bicyclic) bond motifs is 3. The van der Waals surface area contributed by atoms with Gasteiger partial charge in [-0.25, -0.2) is 14.8 Å². The number of nitrogens with zero attached hydrogens (tertiary/aromatic N) is 4. The molecule has 2 N–H and O–H groups in total. The summed E-state index contributed by atoms with van der Waals surface area (Å²) in [6.45, 7) is 0.404. The van der Waals surface area contributed by atoms with Gasteiger partial charge >= 0.3 is 5.97 Å². The highest BCUT2D eigenvalue weighted by atomic mass is 35.5. The molecular weight excluding hydrogens is 426 g/mol. The molecule has 7 nitrogen and oxygen atoms in total. The van der Waals surface area contributed by atoms with E-state index in [0.29, 0.717) is 23.2 Å². The molecule has 156 valence electrons. The number of hydrogen-bond acceptors (Lipinski definition) is 6. The van der Waals surface area contributed by atoms with Crippen molar-refractivity contribution in [1.29, 1.82) is 0 Å². The molecule has 0 atom stereocenters. The molecular formula is C24H16ClN5O2. The molecule has 0 spiro atoms. The minimum Gasteiger partial charge on any atom is -0.478 e. The minimum atomic E-state index is -0.975. The smallest absolute Gasteiger partial charge is 0.335 e. The predicted octanol–water partition coefficient (Wildman–Crippen LogP) is 4.98. The fraction of sp³-hybridized carbons (Fsp3) is 0.0417. The van der Waals surface area contributed by atoms with Crippen molar-refractivity contribution in [2.45, 2.75) is 6.54 Å². The number of aromatic nitrogens is 3. The molecule has 2 aromatic carbocycles. The van der Waals surface area contributed by atoms with Crippen molar-refractivity contribution in [3.05, 3.63) is 100 Å². The zero-order chi connectivity index (χ0) is 22.1. The molecule has 3 heterocycles. The zero-order valence-corrected chi connectivity index (χ0v) is 17.4. The Balaban J connectivity index is 1.56. The number of carboxylic acid groups (broad SMARTS) is 1. The van der Waals surface area contributed by atoms with Crippen LogP contribution in [-0.4, -0.2) is 31.7 Å². The Hall–Kier alpha value is -4.10. The van der Waals surface area contributed by atoms with Gasteiger partial charge in [-0.3, -0.25) is 9.98 Å². The van der Waals surface area contributed by atoms with Crippen molar-refractivity contribution in [1.82, 2.24) is 15.0 Å². The van der Waals surface area contributed by atoms with Crippen molar-refractivity contribution in [3.8, 4) is 11.3 Å². The third-order valence-corrected chi connectivity index (χ3v) is 5.29. The Bertz CT molecular complexity index is 1350. The lowest BCUT2D eigenvalue weighted by molar-refractivity contribution is 0.0697. The second-order valence-corrected chi connectivity index (χ2v) is 7.58. The van der Waals surface area contributed by atoms with Crippen LogP contribution < -0.4 is 5.32 Å². The van der Waals surface area contributed by atoms with Crippen molar-refractivity contribution >= 4 is 34.9 Å². The molecule has 1 aliphatic heterocycles. The van der Waals surface area contributed by atoms with Gasteiger partial charge in [0, 0.05) is 39.8 Å². The Morgan fingerprint density at radius 2 is 1.84 bits per heavy atom. The lowest BCUT2D eigenvalue weighted by Gasteiger charge is -2.12. The summed E-state index contributed by atoms with van der Waals surface area (Å²) in [5, 5.41) is 12.8. The molecule has 0 unspecified atom stereocenters. The van der Waals surface area contributed by atoms with Gasteiger partial charge in [0.15, 0.2) is 0 Å². The van der Waals surface area contributed by atoms with Crippen LogP contribution in [0.1, 0.15) is 27.2 Å². The first-order valence-corrected chi connectivity index (χ1v) is 10.2. The number of aromatic carboxylic acids is 1. The second kappa shape index (κ2) is 8.20. The number of nitrogens with one attached hydrogen (secondary N) is 1. The summed E-state index contributed by atoms with van der Waals surface area (Å²) in [4.78, 5) is 29.5. The number of hydrogen-bond donors (Lipinski definition) is 2. The van der Waals surface area contributed by atoms with Gasteiger partial charge in [0.05, 0.1) is 29.2 Å². The lowest BCUT2D eigenvalue weighted by Crippen LogP contribution is -2.07. The highest BCUT2D eigenvalue weighted by molar-refractivity contribution is 6.31. The molecule has 0 bridgehead atoms. The average molecular weight is 442 g/mol. The molecule has 0 saturated heterocycles. The summed E-state index contributed by atoms with van der Waals surface area (Å²) in [6, 6.07) is 17.7. The average Bonchev–Trinajstić information content (AvgIpc) is 2.96. The van der Waals surface area contributed by atoms with Crippen molar-refractivity contribution in [2.24, 2.45) is 4.99 Å². The van der Waals surface area contributed by atoms with E-state index in [1.165, 1.54) is 12.1 Å². The first kappa shape index (κ1) is 19.8. The highest BCUT2D eigenvalue weighted by Crippen LogP contribution is 2.33. The quantitative estimate of drug-likeness (QED) is 0.463. The SMILES string of the molecule is O=C(O)c1ccc(Nc2ncc3c(n2)-c2ccc(Cl)cc2C(c2ccccn2)=NC3)cc1. The summed E-state index contributed by atoms with van der Waals surface area (Å²) in [5.41, 5.74) is 5.78. The van der Waals surface area contributed by atoms with Crippen LogP contribution in [0.2, 0.25) is 5.02 Å². The first-order chi connectivity index (χ1) is 15.6. The monoisotopic (exact) mass is 441 g/mol. The maximum Gasteiger partial charge on any atom is 0.335 e. The van der Waals surface area contributed by atoms with Crippen LogP contribution in [0.5, 0.6) is 0 Å². The molecule has 0 amide bonds. The molecule has 2 aromatic heterocycles. The van der Waals surface area contributed by atoms with Gasteiger partial charge in [-0.2, -0.15) is 0 Å². The van der Waals surface area contributed by atoms with Crippen molar-refractivity contribution in [3.63, 3.8) is 0 Å². The van der Waals surface area contributed by atoms with Gasteiger partial charge in [0.2, 0.25) is 5.95 Å². The zero-order valence-electron chi connectivity index (χ0n) is 16.7. The molecule has 4 aromatic rings. The summed E-state index contributed by atoms with van der Waals surface area (Å²) in [5.74, 6) is -0.578. The number of aliphatic imine (C=N–C) groups is 1. The molecule has 0 saturated carbocycles. The third-order valence-electron chi connectivity index (χ3n) is 5.06. The Morgan fingerprint density at radius 3 is 2.59 bits per heavy atom. The summed E-state index contributed by atoms with van der Waals surface area (Å²) < 4.78 is 0. The van der Waals surface area contributed by atoms with E-state index in [0.717, 1.165) is 33.8 Å². The number of pyridine rings is 1. The van der Waals surface area contributed by atoms with E-state index in [2.05, 4.69) is 15.3 Å². The Kier molecular flexibility index (Phi) is 5.09. The van der Waals surface area contributed by atoms with Gasteiger partial charge < -0.3 is 10.4 Å². The lowest BCUT2D eigenvalue weighted by atomic mass is 9.97. The second-order valence-electron chi connectivity index (χ2n) is 7.14. The van der Waals surface area contributed by atoms with Crippen LogP contribution >= 0.6 is 11.6 Å². The Labute approximate surface area is 188 Å². The van der Waals surface area contributed by atoms with Crippen LogP contribution in [0.25, 0.3) is 11.3 Å². The van der Waals surface area contributed by atoms with Gasteiger partial charge in [0.1, 0.15) is 0 Å². The molecule has 0 radical (unpaired) electrons. The van der Waals surface area contributed by atoms with Crippen molar-refractivity contribution < 1.29 is 9.90 Å². The van der Waals surface area contributed by atoms with Gasteiger partial charge in [-0.1, -0.05) is 23.7 Å². The number of carbonyl (C=O) groups is 1. The van der Waals surface area contributed by atoms with Gasteiger partial charge in [-0.15, -0.1) is 0 Å².